The van der Waals surface area contributed by atoms with Crippen molar-refractivity contribution < 1.29 is 9.59 Å². The molecule has 4 rings (SSSR count). The van der Waals surface area contributed by atoms with E-state index in [1.54, 1.807) is 23.1 Å². The zero-order valence-corrected chi connectivity index (χ0v) is 16.6. The zero-order valence-electron chi connectivity index (χ0n) is 15.8. The maximum Gasteiger partial charge on any atom is 0.259 e. The third kappa shape index (κ3) is 3.96. The van der Waals surface area contributed by atoms with Crippen LogP contribution in [-0.4, -0.2) is 18.4 Å². The Hall–Kier alpha value is -3.31. The molecule has 0 radical (unpaired) electrons. The number of hydrogen-bond donors (Lipinski definition) is 1. The van der Waals surface area contributed by atoms with Crippen molar-refractivity contribution in [2.75, 3.05) is 11.4 Å². The lowest BCUT2D eigenvalue weighted by Crippen LogP contribution is -2.31. The molecule has 0 aliphatic carbocycles. The van der Waals surface area contributed by atoms with Gasteiger partial charge in [0.05, 0.1) is 11.3 Å². The molecule has 0 saturated heterocycles. The largest absolute Gasteiger partial charge is 0.348 e. The maximum absolute atomic E-state index is 13.1. The molecule has 0 saturated carbocycles. The summed E-state index contributed by atoms with van der Waals surface area (Å²) in [5.74, 6) is -0.261. The molecule has 0 bridgehead atoms. The van der Waals surface area contributed by atoms with Crippen LogP contribution in [-0.2, 0) is 6.54 Å². The van der Waals surface area contributed by atoms with Crippen LogP contribution in [0.2, 0.25) is 0 Å². The average Bonchev–Trinajstić information content (AvgIpc) is 2.87. The minimum atomic E-state index is -0.172. The highest BCUT2D eigenvalue weighted by molar-refractivity contribution is 7.99. The Bertz CT molecular complexity index is 1080. The molecular formula is C24H20N2O2S. The van der Waals surface area contributed by atoms with Crippen LogP contribution in [0.15, 0.2) is 95.2 Å². The van der Waals surface area contributed by atoms with Gasteiger partial charge in [0.1, 0.15) is 0 Å². The van der Waals surface area contributed by atoms with E-state index >= 15 is 0 Å². The smallest absolute Gasteiger partial charge is 0.259 e. The number of carbonyl (C=O) groups is 2. The number of amides is 2. The quantitative estimate of drug-likeness (QED) is 0.619. The van der Waals surface area contributed by atoms with Crippen LogP contribution < -0.4 is 10.2 Å². The highest BCUT2D eigenvalue weighted by atomic mass is 32.2. The Balaban J connectivity index is 1.65. The van der Waals surface area contributed by atoms with Gasteiger partial charge < -0.3 is 10.2 Å². The molecule has 2 amide bonds. The number of carbonyl (C=O) groups excluding carboxylic acids is 2. The fraction of sp³-hybridized carbons (Fsp3) is 0.0833. The molecule has 0 fully saturated rings. The van der Waals surface area contributed by atoms with Gasteiger partial charge in [-0.3, -0.25) is 9.59 Å². The number of rotatable bonds is 5. The van der Waals surface area contributed by atoms with Crippen molar-refractivity contribution in [1.29, 1.82) is 0 Å². The Morgan fingerprint density at radius 3 is 2.55 bits per heavy atom. The van der Waals surface area contributed by atoms with Gasteiger partial charge in [-0.1, -0.05) is 60.3 Å². The molecule has 5 heteroatoms. The zero-order chi connectivity index (χ0) is 20.2. The van der Waals surface area contributed by atoms with Crippen molar-refractivity contribution >= 4 is 29.3 Å². The predicted molar refractivity (Wildman–Crippen MR) is 116 cm³/mol. The molecule has 1 heterocycles. The predicted octanol–water partition coefficient (Wildman–Crippen LogP) is 4.91. The van der Waals surface area contributed by atoms with Gasteiger partial charge in [0.2, 0.25) is 0 Å². The molecule has 0 aromatic heterocycles. The first-order chi connectivity index (χ1) is 14.2. The van der Waals surface area contributed by atoms with Gasteiger partial charge in [0, 0.05) is 28.4 Å². The molecule has 29 heavy (non-hydrogen) atoms. The number of anilines is 1. The van der Waals surface area contributed by atoms with Gasteiger partial charge in [-0.15, -0.1) is 6.58 Å². The molecule has 144 valence electrons. The van der Waals surface area contributed by atoms with E-state index in [-0.39, 0.29) is 11.8 Å². The fourth-order valence-electron chi connectivity index (χ4n) is 3.25. The Morgan fingerprint density at radius 1 is 1.00 bits per heavy atom. The number of hydrogen-bond acceptors (Lipinski definition) is 3. The summed E-state index contributed by atoms with van der Waals surface area (Å²) in [7, 11) is 0. The fourth-order valence-corrected chi connectivity index (χ4v) is 4.31. The van der Waals surface area contributed by atoms with Crippen molar-refractivity contribution in [3.05, 3.63) is 102 Å². The van der Waals surface area contributed by atoms with Crippen molar-refractivity contribution in [3.63, 3.8) is 0 Å². The van der Waals surface area contributed by atoms with E-state index in [4.69, 9.17) is 0 Å². The van der Waals surface area contributed by atoms with Crippen molar-refractivity contribution in [1.82, 2.24) is 5.32 Å². The van der Waals surface area contributed by atoms with E-state index in [1.807, 2.05) is 60.7 Å². The molecule has 4 nitrogen and oxygen atoms in total. The molecule has 0 unspecified atom stereocenters. The molecule has 3 aromatic rings. The topological polar surface area (TPSA) is 49.4 Å². The Kier molecular flexibility index (Phi) is 5.49. The van der Waals surface area contributed by atoms with E-state index in [0.29, 0.717) is 24.2 Å². The molecule has 1 aliphatic rings. The Morgan fingerprint density at radius 2 is 1.76 bits per heavy atom. The number of nitrogens with zero attached hydrogens (tertiary/aromatic N) is 1. The Labute approximate surface area is 174 Å². The second kappa shape index (κ2) is 8.37. The first-order valence-corrected chi connectivity index (χ1v) is 10.1. The standard InChI is InChI=1S/C24H20N2O2S/c1-2-14-26-20-15-18(23(27)25-16-17-8-4-3-5-9-17)12-13-22(20)29-21-11-7-6-10-19(21)24(26)28/h2-13,15H,1,14,16H2,(H,25,27). The second-order valence-corrected chi connectivity index (χ2v) is 7.74. The van der Waals surface area contributed by atoms with Crippen LogP contribution in [0.3, 0.4) is 0 Å². The highest BCUT2D eigenvalue weighted by Crippen LogP contribution is 2.41. The van der Waals surface area contributed by atoms with E-state index in [0.717, 1.165) is 21.0 Å². The summed E-state index contributed by atoms with van der Waals surface area (Å²) in [4.78, 5) is 29.4. The van der Waals surface area contributed by atoms with E-state index < -0.39 is 0 Å². The first kappa shape index (κ1) is 19.0. The molecule has 0 atom stereocenters. The summed E-state index contributed by atoms with van der Waals surface area (Å²) in [6.45, 7) is 4.61. The minimum Gasteiger partial charge on any atom is -0.348 e. The summed E-state index contributed by atoms with van der Waals surface area (Å²) in [5.41, 5.74) is 2.94. The lowest BCUT2D eigenvalue weighted by molar-refractivity contribution is 0.0948. The summed E-state index contributed by atoms with van der Waals surface area (Å²) >= 11 is 1.54. The van der Waals surface area contributed by atoms with Crippen molar-refractivity contribution in [2.24, 2.45) is 0 Å². The number of nitrogens with one attached hydrogen (secondary N) is 1. The van der Waals surface area contributed by atoms with Gasteiger partial charge in [0.25, 0.3) is 11.8 Å². The SMILES string of the molecule is C=CCN1C(=O)c2ccccc2Sc2ccc(C(=O)NCc3ccccc3)cc21. The van der Waals surface area contributed by atoms with Gasteiger partial charge >= 0.3 is 0 Å². The third-order valence-corrected chi connectivity index (χ3v) is 5.84. The van der Waals surface area contributed by atoms with Crippen LogP contribution in [0, 0.1) is 0 Å². The summed E-state index contributed by atoms with van der Waals surface area (Å²) in [6, 6.07) is 22.8. The first-order valence-electron chi connectivity index (χ1n) is 9.33. The lowest BCUT2D eigenvalue weighted by atomic mass is 10.1. The van der Waals surface area contributed by atoms with Crippen LogP contribution in [0.4, 0.5) is 5.69 Å². The van der Waals surface area contributed by atoms with Gasteiger partial charge in [-0.05, 0) is 35.9 Å². The molecular weight excluding hydrogens is 380 g/mol. The van der Waals surface area contributed by atoms with Crippen LogP contribution in [0.5, 0.6) is 0 Å². The van der Waals surface area contributed by atoms with Gasteiger partial charge in [-0.2, -0.15) is 0 Å². The van der Waals surface area contributed by atoms with Gasteiger partial charge in [-0.25, -0.2) is 0 Å². The molecule has 1 aliphatic heterocycles. The number of benzene rings is 3. The van der Waals surface area contributed by atoms with E-state index in [2.05, 4.69) is 11.9 Å². The molecule has 1 N–H and O–H groups in total. The summed E-state index contributed by atoms with van der Waals surface area (Å²) in [5, 5.41) is 2.94. The van der Waals surface area contributed by atoms with Crippen molar-refractivity contribution in [3.8, 4) is 0 Å². The highest BCUT2D eigenvalue weighted by Gasteiger charge is 2.27. The van der Waals surface area contributed by atoms with Crippen LogP contribution in [0.1, 0.15) is 26.3 Å². The van der Waals surface area contributed by atoms with Crippen LogP contribution >= 0.6 is 11.8 Å². The average molecular weight is 401 g/mol. The second-order valence-electron chi connectivity index (χ2n) is 6.65. The van der Waals surface area contributed by atoms with E-state index in [9.17, 15) is 9.59 Å². The maximum atomic E-state index is 13.1. The lowest BCUT2D eigenvalue weighted by Gasteiger charge is -2.22. The van der Waals surface area contributed by atoms with Crippen LogP contribution in [0.25, 0.3) is 0 Å². The third-order valence-electron chi connectivity index (χ3n) is 4.70. The van der Waals surface area contributed by atoms with E-state index in [1.165, 1.54) is 11.8 Å². The molecule has 3 aromatic carbocycles. The number of fused-ring (bicyclic) bond motifs is 2. The van der Waals surface area contributed by atoms with Gasteiger partial charge in [0.15, 0.2) is 0 Å². The minimum absolute atomic E-state index is 0.0893. The summed E-state index contributed by atoms with van der Waals surface area (Å²) < 4.78 is 0. The summed E-state index contributed by atoms with van der Waals surface area (Å²) in [6.07, 6.45) is 1.70. The normalized spacial score (nSPS) is 12.6. The monoisotopic (exact) mass is 400 g/mol. The molecule has 0 spiro atoms. The van der Waals surface area contributed by atoms with Crippen molar-refractivity contribution in [2.45, 2.75) is 16.3 Å².